The number of nitrogens with one attached hydrogen (secondary N) is 1. The summed E-state index contributed by atoms with van der Waals surface area (Å²) in [5.74, 6) is 0.491. The molecule has 0 amide bonds. The van der Waals surface area contributed by atoms with Crippen LogP contribution in [0.1, 0.15) is 24.0 Å². The fraction of sp³-hybridized carbons (Fsp3) is 0.360. The Bertz CT molecular complexity index is 1090. The number of unbranched alkanes of at least 4 members (excludes halogenated alkanes) is 1. The van der Waals surface area contributed by atoms with E-state index in [-0.39, 0.29) is 0 Å². The van der Waals surface area contributed by atoms with Crippen LogP contribution in [0.2, 0.25) is 0 Å². The third-order valence-corrected chi connectivity index (χ3v) is 6.01. The van der Waals surface area contributed by atoms with Gasteiger partial charge in [-0.05, 0) is 73.8 Å². The van der Waals surface area contributed by atoms with E-state index < -0.39 is 6.16 Å². The lowest BCUT2D eigenvalue weighted by molar-refractivity contribution is 0.121. The number of aromatic amines is 1. The first-order chi connectivity index (χ1) is 15.7. The van der Waals surface area contributed by atoms with Gasteiger partial charge in [0.2, 0.25) is 0 Å². The number of carbonyl (C=O) groups is 1. The highest BCUT2D eigenvalue weighted by Gasteiger charge is 2.17. The predicted molar refractivity (Wildman–Crippen MR) is 124 cm³/mol. The van der Waals surface area contributed by atoms with Crippen molar-refractivity contribution in [2.24, 2.45) is 0 Å². The number of aromatic nitrogens is 1. The Morgan fingerprint density at radius 3 is 2.59 bits per heavy atom. The maximum Gasteiger partial charge on any atom is 0.513 e. The van der Waals surface area contributed by atoms with Crippen LogP contribution < -0.4 is 9.64 Å². The van der Waals surface area contributed by atoms with E-state index in [2.05, 4.69) is 25.6 Å². The van der Waals surface area contributed by atoms with Gasteiger partial charge >= 0.3 is 6.16 Å². The molecule has 0 radical (unpaired) electrons. The molecule has 1 saturated heterocycles. The maximum atomic E-state index is 11.4. The molecule has 0 atom stereocenters. The Labute approximate surface area is 188 Å². The molecule has 1 aliphatic rings. The molecule has 1 aliphatic heterocycles. The van der Waals surface area contributed by atoms with Gasteiger partial charge in [-0.3, -0.25) is 4.90 Å². The Balaban J connectivity index is 1.22. The number of nitrogens with zero attached hydrogens (tertiary/aromatic N) is 3. The number of hydrogen-bond donors (Lipinski definition) is 1. The third-order valence-electron chi connectivity index (χ3n) is 6.01. The number of fused-ring (bicyclic) bond motifs is 1. The van der Waals surface area contributed by atoms with Gasteiger partial charge in [0.15, 0.2) is 0 Å². The number of piperazine rings is 1. The Morgan fingerprint density at radius 1 is 1.09 bits per heavy atom. The summed E-state index contributed by atoms with van der Waals surface area (Å²) in [5.41, 5.74) is 4.17. The molecule has 0 saturated carbocycles. The van der Waals surface area contributed by atoms with E-state index in [4.69, 9.17) is 10.00 Å². The van der Waals surface area contributed by atoms with Crippen molar-refractivity contribution in [3.8, 4) is 11.8 Å². The predicted octanol–water partition coefficient (Wildman–Crippen LogP) is 4.33. The number of H-pyrrole nitrogens is 1. The van der Waals surface area contributed by atoms with E-state index in [0.717, 1.165) is 62.9 Å². The lowest BCUT2D eigenvalue weighted by Crippen LogP contribution is -2.46. The number of methoxy groups -OCH3 is 1. The van der Waals surface area contributed by atoms with Crippen molar-refractivity contribution in [1.29, 1.82) is 5.26 Å². The fourth-order valence-corrected chi connectivity index (χ4v) is 4.19. The molecule has 2 heterocycles. The molecular formula is C25H28N4O3. The zero-order chi connectivity index (χ0) is 22.3. The standard InChI is InChI=1S/C25H28N4O3/c1-31-25(30)32-22-9-10-24-23(16-22)20(18-27-24)4-2-3-11-28-12-14-29(15-13-28)21-7-5-19(17-26)6-8-21/h5-10,16,18,27H,2-4,11-15H2,1H3. The first-order valence-corrected chi connectivity index (χ1v) is 11.0. The minimum Gasteiger partial charge on any atom is -0.437 e. The van der Waals surface area contributed by atoms with E-state index in [1.807, 2.05) is 42.6 Å². The number of aryl methyl sites for hydroxylation is 1. The van der Waals surface area contributed by atoms with Crippen LogP contribution in [0, 0.1) is 11.3 Å². The highest BCUT2D eigenvalue weighted by molar-refractivity contribution is 5.85. The molecule has 0 aliphatic carbocycles. The fourth-order valence-electron chi connectivity index (χ4n) is 4.19. The van der Waals surface area contributed by atoms with Gasteiger partial charge < -0.3 is 19.4 Å². The van der Waals surface area contributed by atoms with Crippen LogP contribution >= 0.6 is 0 Å². The summed E-state index contributed by atoms with van der Waals surface area (Å²) >= 11 is 0. The van der Waals surface area contributed by atoms with Gasteiger partial charge in [0, 0.05) is 49.0 Å². The molecule has 3 aromatic rings. The van der Waals surface area contributed by atoms with E-state index in [1.54, 1.807) is 6.07 Å². The Kier molecular flexibility index (Phi) is 6.93. The molecule has 2 aromatic carbocycles. The molecule has 1 N–H and O–H groups in total. The zero-order valence-electron chi connectivity index (χ0n) is 18.3. The van der Waals surface area contributed by atoms with Crippen molar-refractivity contribution >= 4 is 22.7 Å². The first kappa shape index (κ1) is 21.7. The molecule has 32 heavy (non-hydrogen) atoms. The quantitative estimate of drug-likeness (QED) is 0.340. The van der Waals surface area contributed by atoms with Crippen molar-refractivity contribution in [3.05, 3.63) is 59.8 Å². The average Bonchev–Trinajstić information content (AvgIpc) is 3.24. The van der Waals surface area contributed by atoms with E-state index >= 15 is 0 Å². The van der Waals surface area contributed by atoms with Crippen molar-refractivity contribution < 1.29 is 14.3 Å². The summed E-state index contributed by atoms with van der Waals surface area (Å²) in [6.45, 7) is 5.23. The highest BCUT2D eigenvalue weighted by atomic mass is 16.7. The molecule has 1 aromatic heterocycles. The Morgan fingerprint density at radius 2 is 1.88 bits per heavy atom. The lowest BCUT2D eigenvalue weighted by Gasteiger charge is -2.36. The number of benzene rings is 2. The van der Waals surface area contributed by atoms with Crippen LogP contribution in [-0.2, 0) is 11.2 Å². The molecule has 4 rings (SSSR count). The highest BCUT2D eigenvalue weighted by Crippen LogP contribution is 2.25. The topological polar surface area (TPSA) is 81.6 Å². The van der Waals surface area contributed by atoms with Gasteiger partial charge in [-0.25, -0.2) is 4.79 Å². The van der Waals surface area contributed by atoms with Crippen LogP contribution in [-0.4, -0.2) is 55.9 Å². The second kappa shape index (κ2) is 10.2. The summed E-state index contributed by atoms with van der Waals surface area (Å²) in [5, 5.41) is 10.0. The van der Waals surface area contributed by atoms with Gasteiger partial charge in [0.1, 0.15) is 5.75 Å². The smallest absolute Gasteiger partial charge is 0.437 e. The van der Waals surface area contributed by atoms with E-state index in [1.165, 1.54) is 18.4 Å². The maximum absolute atomic E-state index is 11.4. The van der Waals surface area contributed by atoms with Crippen molar-refractivity contribution in [2.75, 3.05) is 44.7 Å². The van der Waals surface area contributed by atoms with E-state index in [0.29, 0.717) is 11.3 Å². The van der Waals surface area contributed by atoms with Gasteiger partial charge in [-0.1, -0.05) is 0 Å². The van der Waals surface area contributed by atoms with Crippen LogP contribution in [0.4, 0.5) is 10.5 Å². The van der Waals surface area contributed by atoms with Gasteiger partial charge in [-0.2, -0.15) is 5.26 Å². The van der Waals surface area contributed by atoms with Crippen molar-refractivity contribution in [2.45, 2.75) is 19.3 Å². The van der Waals surface area contributed by atoms with Gasteiger partial charge in [-0.15, -0.1) is 0 Å². The van der Waals surface area contributed by atoms with Crippen LogP contribution in [0.3, 0.4) is 0 Å². The number of nitriles is 1. The number of hydrogen-bond acceptors (Lipinski definition) is 6. The number of anilines is 1. The van der Waals surface area contributed by atoms with Crippen LogP contribution in [0.15, 0.2) is 48.7 Å². The van der Waals surface area contributed by atoms with Crippen LogP contribution in [0.5, 0.6) is 5.75 Å². The Hall–Kier alpha value is -3.50. The zero-order valence-corrected chi connectivity index (χ0v) is 18.3. The molecule has 166 valence electrons. The van der Waals surface area contributed by atoms with E-state index in [9.17, 15) is 4.79 Å². The molecule has 7 nitrogen and oxygen atoms in total. The number of carbonyl (C=O) groups excluding carboxylic acids is 1. The minimum absolute atomic E-state index is 0.491. The summed E-state index contributed by atoms with van der Waals surface area (Å²) < 4.78 is 9.72. The molecule has 0 bridgehead atoms. The third kappa shape index (κ3) is 5.21. The monoisotopic (exact) mass is 432 g/mol. The first-order valence-electron chi connectivity index (χ1n) is 11.0. The minimum atomic E-state index is -0.708. The lowest BCUT2D eigenvalue weighted by atomic mass is 10.1. The molecule has 0 unspecified atom stereocenters. The summed E-state index contributed by atoms with van der Waals surface area (Å²) in [6, 6.07) is 15.6. The summed E-state index contributed by atoms with van der Waals surface area (Å²) in [7, 11) is 1.30. The second-order valence-electron chi connectivity index (χ2n) is 8.02. The summed E-state index contributed by atoms with van der Waals surface area (Å²) in [4.78, 5) is 19.6. The SMILES string of the molecule is COC(=O)Oc1ccc2[nH]cc(CCCCN3CCN(c4ccc(C#N)cc4)CC3)c2c1. The van der Waals surface area contributed by atoms with Crippen molar-refractivity contribution in [3.63, 3.8) is 0 Å². The molecule has 0 spiro atoms. The average molecular weight is 433 g/mol. The molecule has 1 fully saturated rings. The second-order valence-corrected chi connectivity index (χ2v) is 8.02. The van der Waals surface area contributed by atoms with Gasteiger partial charge in [0.25, 0.3) is 0 Å². The number of rotatable bonds is 7. The van der Waals surface area contributed by atoms with Gasteiger partial charge in [0.05, 0.1) is 18.7 Å². The summed E-state index contributed by atoms with van der Waals surface area (Å²) in [6.07, 6.45) is 4.56. The number of ether oxygens (including phenoxy) is 2. The van der Waals surface area contributed by atoms with Crippen molar-refractivity contribution in [1.82, 2.24) is 9.88 Å². The largest absolute Gasteiger partial charge is 0.513 e. The normalized spacial score (nSPS) is 14.3. The molecule has 7 heteroatoms. The van der Waals surface area contributed by atoms with Crippen LogP contribution in [0.25, 0.3) is 10.9 Å². The molecular weight excluding hydrogens is 404 g/mol.